The molecule has 0 saturated carbocycles. The summed E-state index contributed by atoms with van der Waals surface area (Å²) in [5.41, 5.74) is 1.49. The Bertz CT molecular complexity index is 1270. The number of aromatic nitrogens is 3. The lowest BCUT2D eigenvalue weighted by atomic mass is 9.71. The quantitative estimate of drug-likeness (QED) is 0.179. The van der Waals surface area contributed by atoms with Gasteiger partial charge in [0.15, 0.2) is 0 Å². The summed E-state index contributed by atoms with van der Waals surface area (Å²) in [7, 11) is 0. The van der Waals surface area contributed by atoms with Gasteiger partial charge in [-0.15, -0.1) is 30.0 Å². The van der Waals surface area contributed by atoms with Gasteiger partial charge in [0.25, 0.3) is 0 Å². The van der Waals surface area contributed by atoms with E-state index in [-0.39, 0.29) is 54.9 Å². The average Bonchev–Trinajstić information content (AvgIpc) is 3.62. The molecule has 3 fully saturated rings. The number of carbonyl (C=O) groups is 3. The van der Waals surface area contributed by atoms with Crippen LogP contribution in [0.15, 0.2) is 49.6 Å². The van der Waals surface area contributed by atoms with E-state index in [1.807, 2.05) is 24.3 Å². The number of amides is 2. The number of nitrogens with zero attached hydrogens (tertiary/aromatic N) is 5. The van der Waals surface area contributed by atoms with Gasteiger partial charge in [0.05, 0.1) is 35.3 Å². The number of alkyl halides is 1. The Labute approximate surface area is 233 Å². The maximum absolute atomic E-state index is 14.3. The number of ether oxygens (including phenoxy) is 1. The van der Waals surface area contributed by atoms with Crippen molar-refractivity contribution < 1.29 is 24.2 Å². The molecule has 12 heteroatoms. The van der Waals surface area contributed by atoms with Gasteiger partial charge in [0.2, 0.25) is 11.8 Å². The number of carbonyl (C=O) groups excluding carboxylic acids is 3. The highest BCUT2D eigenvalue weighted by Crippen LogP contribution is 2.68. The Kier molecular flexibility index (Phi) is 7.65. The van der Waals surface area contributed by atoms with Gasteiger partial charge < -0.3 is 19.6 Å². The van der Waals surface area contributed by atoms with Crippen LogP contribution in [0.4, 0.5) is 0 Å². The SMILES string of the molecule is C=CCCOC(=O)[C@H]1[C@@H]2SC3(CC2Br)C(C(=O)N(CC=C)Cn2nnc4ccccc42)N(CCO)C(=O)[C@H]13. The zero-order valence-electron chi connectivity index (χ0n) is 20.8. The van der Waals surface area contributed by atoms with Gasteiger partial charge in [-0.2, -0.15) is 0 Å². The number of fused-ring (bicyclic) bond motifs is 2. The first-order valence-corrected chi connectivity index (χ1v) is 14.4. The van der Waals surface area contributed by atoms with Crippen molar-refractivity contribution in [2.45, 2.75) is 40.4 Å². The molecular weight excluding hydrogens is 574 g/mol. The first kappa shape index (κ1) is 26.9. The van der Waals surface area contributed by atoms with Crippen molar-refractivity contribution >= 4 is 56.5 Å². The summed E-state index contributed by atoms with van der Waals surface area (Å²) < 4.78 is 6.34. The van der Waals surface area contributed by atoms with Crippen LogP contribution in [0.2, 0.25) is 0 Å². The molecule has 1 N–H and O–H groups in total. The van der Waals surface area contributed by atoms with Crippen LogP contribution in [0.25, 0.3) is 11.0 Å². The Morgan fingerprint density at radius 3 is 2.84 bits per heavy atom. The summed E-state index contributed by atoms with van der Waals surface area (Å²) in [5.74, 6) is -2.38. The van der Waals surface area contributed by atoms with Crippen LogP contribution >= 0.6 is 27.7 Å². The summed E-state index contributed by atoms with van der Waals surface area (Å²) in [6.45, 7) is 7.72. The molecule has 5 rings (SSSR count). The van der Waals surface area contributed by atoms with Crippen molar-refractivity contribution in [1.82, 2.24) is 24.8 Å². The largest absolute Gasteiger partial charge is 0.465 e. The molecule has 3 aliphatic rings. The van der Waals surface area contributed by atoms with Crippen molar-refractivity contribution in [2.24, 2.45) is 11.8 Å². The second-order valence-electron chi connectivity index (χ2n) is 9.73. The number of para-hydroxylation sites is 1. The van der Waals surface area contributed by atoms with Crippen LogP contribution in [-0.2, 0) is 25.8 Å². The molecule has 3 saturated heterocycles. The molecule has 3 unspecified atom stereocenters. The second kappa shape index (κ2) is 10.8. The molecule has 10 nitrogen and oxygen atoms in total. The lowest BCUT2D eigenvalue weighted by Gasteiger charge is -2.37. The fraction of sp³-hybridized carbons (Fsp3) is 0.500. The van der Waals surface area contributed by atoms with Crippen molar-refractivity contribution in [2.75, 3.05) is 26.3 Å². The maximum Gasteiger partial charge on any atom is 0.310 e. The Balaban J connectivity index is 1.49. The lowest BCUT2D eigenvalue weighted by Crippen LogP contribution is -2.56. The fourth-order valence-corrected chi connectivity index (χ4v) is 9.69. The minimum atomic E-state index is -0.858. The van der Waals surface area contributed by atoms with Crippen LogP contribution in [0, 0.1) is 11.8 Å². The first-order valence-electron chi connectivity index (χ1n) is 12.6. The van der Waals surface area contributed by atoms with Gasteiger partial charge in [-0.05, 0) is 25.0 Å². The molecule has 4 heterocycles. The van der Waals surface area contributed by atoms with E-state index >= 15 is 0 Å². The lowest BCUT2D eigenvalue weighted by molar-refractivity contribution is -0.154. The minimum Gasteiger partial charge on any atom is -0.465 e. The minimum absolute atomic E-state index is 0.00190. The number of aliphatic hydroxyl groups is 1. The third kappa shape index (κ3) is 4.26. The zero-order chi connectivity index (χ0) is 27.0. The van der Waals surface area contributed by atoms with Crippen LogP contribution in [0.1, 0.15) is 12.8 Å². The summed E-state index contributed by atoms with van der Waals surface area (Å²) in [6.07, 6.45) is 4.36. The number of esters is 1. The van der Waals surface area contributed by atoms with Crippen LogP contribution < -0.4 is 0 Å². The third-order valence-corrected chi connectivity index (χ3v) is 10.8. The monoisotopic (exact) mass is 603 g/mol. The van der Waals surface area contributed by atoms with Gasteiger partial charge in [-0.25, -0.2) is 4.68 Å². The highest BCUT2D eigenvalue weighted by atomic mass is 79.9. The number of hydrogen-bond donors (Lipinski definition) is 1. The first-order chi connectivity index (χ1) is 18.4. The predicted molar refractivity (Wildman–Crippen MR) is 146 cm³/mol. The highest BCUT2D eigenvalue weighted by Gasteiger charge is 2.76. The molecule has 2 bridgehead atoms. The number of benzene rings is 1. The highest BCUT2D eigenvalue weighted by molar-refractivity contribution is 9.09. The van der Waals surface area contributed by atoms with Crippen molar-refractivity contribution in [3.63, 3.8) is 0 Å². The topological polar surface area (TPSA) is 118 Å². The Morgan fingerprint density at radius 2 is 2.11 bits per heavy atom. The van der Waals surface area contributed by atoms with Crippen molar-refractivity contribution in [3.05, 3.63) is 49.6 Å². The zero-order valence-corrected chi connectivity index (χ0v) is 23.2. The molecule has 1 aromatic heterocycles. The molecule has 1 aromatic carbocycles. The molecule has 2 amide bonds. The molecule has 3 aliphatic heterocycles. The van der Waals surface area contributed by atoms with E-state index in [4.69, 9.17) is 4.74 Å². The van der Waals surface area contributed by atoms with E-state index < -0.39 is 28.6 Å². The number of halogens is 1. The summed E-state index contributed by atoms with van der Waals surface area (Å²) in [4.78, 5) is 44.4. The fourth-order valence-electron chi connectivity index (χ4n) is 6.10. The van der Waals surface area contributed by atoms with Crippen molar-refractivity contribution in [3.8, 4) is 0 Å². The van der Waals surface area contributed by atoms with Crippen LogP contribution in [0.3, 0.4) is 0 Å². The van der Waals surface area contributed by atoms with Gasteiger partial charge in [0, 0.05) is 23.2 Å². The molecule has 202 valence electrons. The second-order valence-corrected chi connectivity index (χ2v) is 12.4. The van der Waals surface area contributed by atoms with Gasteiger partial charge in [-0.3, -0.25) is 14.4 Å². The number of aliphatic hydroxyl groups excluding tert-OH is 1. The van der Waals surface area contributed by atoms with E-state index in [0.717, 1.165) is 5.52 Å². The van der Waals surface area contributed by atoms with E-state index in [1.54, 1.807) is 21.7 Å². The molecule has 0 radical (unpaired) electrons. The average molecular weight is 605 g/mol. The standard InChI is InChI=1S/C26H30BrN5O5S/c1-3-5-13-37-25(36)19-20-23(34)31(11-12-33)22(26(20)14-16(27)21(19)38-26)24(35)30(10-4-2)15-32-18-9-7-6-8-17(18)28-29-32/h3-4,6-9,16,19-22,33H,1-2,5,10-15H2/t16?,19-,20+,21-,22?,26?/m1/s1. The van der Waals surface area contributed by atoms with Gasteiger partial charge in [-0.1, -0.05) is 45.4 Å². The number of likely N-dealkylation sites (tertiary alicyclic amines) is 1. The molecule has 38 heavy (non-hydrogen) atoms. The molecular formula is C26H30BrN5O5S. The van der Waals surface area contributed by atoms with Crippen LogP contribution in [0.5, 0.6) is 0 Å². The molecule has 2 aromatic rings. The van der Waals surface area contributed by atoms with Crippen molar-refractivity contribution in [1.29, 1.82) is 0 Å². The van der Waals surface area contributed by atoms with E-state index in [1.165, 1.54) is 16.7 Å². The van der Waals surface area contributed by atoms with E-state index in [2.05, 4.69) is 39.4 Å². The number of hydrogen-bond acceptors (Lipinski definition) is 8. The summed E-state index contributed by atoms with van der Waals surface area (Å²) >= 11 is 5.26. The van der Waals surface area contributed by atoms with Gasteiger partial charge in [0.1, 0.15) is 18.2 Å². The van der Waals surface area contributed by atoms with Crippen LogP contribution in [-0.4, -0.2) is 94.9 Å². The Morgan fingerprint density at radius 1 is 1.32 bits per heavy atom. The summed E-state index contributed by atoms with van der Waals surface area (Å²) in [5, 5.41) is 18.1. The van der Waals surface area contributed by atoms with E-state index in [0.29, 0.717) is 18.4 Å². The molecule has 6 atom stereocenters. The number of β-amino-alcohol motifs (C(OH)–C–C–N with tert-alkyl or cyclic N) is 1. The molecule has 0 aliphatic carbocycles. The van der Waals surface area contributed by atoms with Gasteiger partial charge >= 0.3 is 5.97 Å². The third-order valence-electron chi connectivity index (χ3n) is 7.59. The number of thioether (sulfide) groups is 1. The molecule has 1 spiro atoms. The maximum atomic E-state index is 14.3. The summed E-state index contributed by atoms with van der Waals surface area (Å²) in [6, 6.07) is 6.61. The number of rotatable bonds is 11. The predicted octanol–water partition coefficient (Wildman–Crippen LogP) is 1.98. The smallest absolute Gasteiger partial charge is 0.310 e. The Hall–Kier alpha value is -2.70. The normalized spacial score (nSPS) is 29.5. The van der Waals surface area contributed by atoms with E-state index in [9.17, 15) is 19.5 Å².